The van der Waals surface area contributed by atoms with Gasteiger partial charge in [0.25, 0.3) is 5.56 Å². The van der Waals surface area contributed by atoms with Crippen molar-refractivity contribution < 1.29 is 0 Å². The van der Waals surface area contributed by atoms with E-state index in [2.05, 4.69) is 26.0 Å². The summed E-state index contributed by atoms with van der Waals surface area (Å²) in [6.07, 6.45) is 2.33. The summed E-state index contributed by atoms with van der Waals surface area (Å²) >= 11 is 3.11. The second kappa shape index (κ2) is 4.93. The van der Waals surface area contributed by atoms with Crippen LogP contribution >= 0.6 is 15.9 Å². The van der Waals surface area contributed by atoms with Crippen molar-refractivity contribution in [1.82, 2.24) is 19.3 Å². The molecule has 0 unspecified atom stereocenters. The number of nitrogens with zero attached hydrogens (tertiary/aromatic N) is 3. The van der Waals surface area contributed by atoms with Crippen LogP contribution in [0, 0.1) is 0 Å². The minimum absolute atomic E-state index is 0.333. The monoisotopic (exact) mass is 312 g/mol. The van der Waals surface area contributed by atoms with Crippen molar-refractivity contribution in [2.24, 2.45) is 7.05 Å². The Labute approximate surface area is 111 Å². The highest BCUT2D eigenvalue weighted by molar-refractivity contribution is 9.10. The molecule has 0 atom stereocenters. The Kier molecular flexibility index (Phi) is 3.51. The minimum atomic E-state index is -0.428. The third kappa shape index (κ3) is 2.45. The Morgan fingerprint density at radius 2 is 2.17 bits per heavy atom. The molecule has 0 spiro atoms. The molecule has 0 radical (unpaired) electrons. The zero-order valence-electron chi connectivity index (χ0n) is 10.1. The molecule has 2 aromatic heterocycles. The van der Waals surface area contributed by atoms with E-state index in [4.69, 9.17) is 0 Å². The molecular formula is C11H13BrN4O2. The summed E-state index contributed by atoms with van der Waals surface area (Å²) in [6, 6.07) is 1.95. The van der Waals surface area contributed by atoms with Gasteiger partial charge >= 0.3 is 5.69 Å². The van der Waals surface area contributed by atoms with E-state index in [0.29, 0.717) is 11.0 Å². The largest absolute Gasteiger partial charge is 0.328 e. The molecule has 7 heteroatoms. The molecule has 96 valence electrons. The highest BCUT2D eigenvalue weighted by Gasteiger charge is 2.07. The average Bonchev–Trinajstić information content (AvgIpc) is 2.67. The van der Waals surface area contributed by atoms with E-state index in [1.807, 2.05) is 20.0 Å². The van der Waals surface area contributed by atoms with Gasteiger partial charge in [0, 0.05) is 13.2 Å². The molecule has 6 nitrogen and oxygen atoms in total. The van der Waals surface area contributed by atoms with E-state index >= 15 is 0 Å². The van der Waals surface area contributed by atoms with E-state index in [-0.39, 0.29) is 0 Å². The molecule has 0 bridgehead atoms. The molecule has 0 aromatic carbocycles. The Morgan fingerprint density at radius 1 is 1.44 bits per heavy atom. The van der Waals surface area contributed by atoms with Gasteiger partial charge in [-0.2, -0.15) is 5.10 Å². The zero-order valence-corrected chi connectivity index (χ0v) is 11.7. The number of aromatic amines is 1. The number of halogens is 1. The van der Waals surface area contributed by atoms with E-state index in [1.54, 1.807) is 4.68 Å². The predicted molar refractivity (Wildman–Crippen MR) is 70.7 cm³/mol. The van der Waals surface area contributed by atoms with Gasteiger partial charge in [-0.25, -0.2) is 4.79 Å². The van der Waals surface area contributed by atoms with E-state index in [9.17, 15) is 9.59 Å². The number of hydrogen-bond acceptors (Lipinski definition) is 3. The fraction of sp³-hybridized carbons (Fsp3) is 0.364. The highest BCUT2D eigenvalue weighted by Crippen LogP contribution is 2.06. The van der Waals surface area contributed by atoms with Gasteiger partial charge in [-0.15, -0.1) is 0 Å². The first-order chi connectivity index (χ1) is 8.51. The maximum absolute atomic E-state index is 11.6. The van der Waals surface area contributed by atoms with Gasteiger partial charge in [0.05, 0.1) is 22.4 Å². The van der Waals surface area contributed by atoms with Crippen LogP contribution in [-0.4, -0.2) is 19.3 Å². The van der Waals surface area contributed by atoms with Crippen LogP contribution in [0.1, 0.15) is 18.3 Å². The first-order valence-electron chi connectivity index (χ1n) is 5.52. The van der Waals surface area contributed by atoms with Crippen molar-refractivity contribution in [3.63, 3.8) is 0 Å². The fourth-order valence-corrected chi connectivity index (χ4v) is 2.01. The summed E-state index contributed by atoms with van der Waals surface area (Å²) in [7, 11) is 1.83. The molecule has 2 rings (SSSR count). The zero-order chi connectivity index (χ0) is 13.3. The van der Waals surface area contributed by atoms with E-state index in [1.165, 1.54) is 10.8 Å². The van der Waals surface area contributed by atoms with Crippen LogP contribution in [0.4, 0.5) is 0 Å². The SMILES string of the molecule is CCc1cc(Cn2cc(Br)c(=O)[nH]c2=O)n(C)n1. The Morgan fingerprint density at radius 3 is 2.78 bits per heavy atom. The number of rotatable bonds is 3. The smallest absolute Gasteiger partial charge is 0.293 e. The van der Waals surface area contributed by atoms with Gasteiger partial charge in [-0.1, -0.05) is 6.92 Å². The molecule has 0 aliphatic rings. The summed E-state index contributed by atoms with van der Waals surface area (Å²) in [5, 5.41) is 4.31. The van der Waals surface area contributed by atoms with Crippen LogP contribution in [0.2, 0.25) is 0 Å². The molecule has 0 aliphatic carbocycles. The fourth-order valence-electron chi connectivity index (χ4n) is 1.67. The van der Waals surface area contributed by atoms with Crippen LogP contribution in [0.3, 0.4) is 0 Å². The second-order valence-corrected chi connectivity index (χ2v) is 4.82. The maximum Gasteiger partial charge on any atom is 0.328 e. The quantitative estimate of drug-likeness (QED) is 0.904. The van der Waals surface area contributed by atoms with Gasteiger partial charge < -0.3 is 0 Å². The molecule has 0 saturated heterocycles. The number of hydrogen-bond donors (Lipinski definition) is 1. The molecule has 1 N–H and O–H groups in total. The number of H-pyrrole nitrogens is 1. The highest BCUT2D eigenvalue weighted by atomic mass is 79.9. The molecule has 18 heavy (non-hydrogen) atoms. The molecule has 2 heterocycles. The van der Waals surface area contributed by atoms with Crippen LogP contribution in [0.25, 0.3) is 0 Å². The van der Waals surface area contributed by atoms with Gasteiger partial charge in [0.2, 0.25) is 0 Å². The molecule has 2 aromatic rings. The normalized spacial score (nSPS) is 10.8. The van der Waals surface area contributed by atoms with E-state index in [0.717, 1.165) is 17.8 Å². The van der Waals surface area contributed by atoms with E-state index < -0.39 is 11.2 Å². The summed E-state index contributed by atoms with van der Waals surface area (Å²) < 4.78 is 3.51. The lowest BCUT2D eigenvalue weighted by Crippen LogP contribution is -2.30. The van der Waals surface area contributed by atoms with Crippen molar-refractivity contribution in [3.8, 4) is 0 Å². The van der Waals surface area contributed by atoms with Crippen molar-refractivity contribution in [2.45, 2.75) is 19.9 Å². The molecular weight excluding hydrogens is 300 g/mol. The lowest BCUT2D eigenvalue weighted by molar-refractivity contribution is 0.635. The summed E-state index contributed by atoms with van der Waals surface area (Å²) in [5.74, 6) is 0. The summed E-state index contributed by atoms with van der Waals surface area (Å²) in [4.78, 5) is 25.1. The number of aryl methyl sites for hydroxylation is 2. The standard InChI is InChI=1S/C11H13BrN4O2/c1-3-7-4-8(15(2)14-7)5-16-6-9(12)10(17)13-11(16)18/h4,6H,3,5H2,1-2H3,(H,13,17,18). The summed E-state index contributed by atoms with van der Waals surface area (Å²) in [5.41, 5.74) is 1.04. The molecule has 0 saturated carbocycles. The van der Waals surface area contributed by atoms with Crippen LogP contribution in [0.5, 0.6) is 0 Å². The van der Waals surface area contributed by atoms with Gasteiger partial charge in [0.1, 0.15) is 0 Å². The third-order valence-corrected chi connectivity index (χ3v) is 3.25. The number of aromatic nitrogens is 4. The average molecular weight is 313 g/mol. The Balaban J connectivity index is 2.39. The topological polar surface area (TPSA) is 72.7 Å². The molecule has 0 aliphatic heterocycles. The first kappa shape index (κ1) is 12.8. The minimum Gasteiger partial charge on any atom is -0.293 e. The lowest BCUT2D eigenvalue weighted by atomic mass is 10.3. The first-order valence-corrected chi connectivity index (χ1v) is 6.31. The van der Waals surface area contributed by atoms with Gasteiger partial charge in [-0.05, 0) is 28.4 Å². The molecule has 0 amide bonds. The van der Waals surface area contributed by atoms with Crippen molar-refractivity contribution in [1.29, 1.82) is 0 Å². The Bertz CT molecular complexity index is 683. The molecule has 0 fully saturated rings. The van der Waals surface area contributed by atoms with Crippen LogP contribution < -0.4 is 11.2 Å². The predicted octanol–water partition coefficient (Wildman–Crippen LogP) is 0.643. The van der Waals surface area contributed by atoms with Crippen molar-refractivity contribution in [2.75, 3.05) is 0 Å². The lowest BCUT2D eigenvalue weighted by Gasteiger charge is -2.05. The number of nitrogens with one attached hydrogen (secondary N) is 1. The van der Waals surface area contributed by atoms with Crippen molar-refractivity contribution in [3.05, 3.63) is 49.0 Å². The second-order valence-electron chi connectivity index (χ2n) is 3.97. The van der Waals surface area contributed by atoms with Crippen LogP contribution in [0.15, 0.2) is 26.3 Å². The van der Waals surface area contributed by atoms with Gasteiger partial charge in [0.15, 0.2) is 0 Å². The Hall–Kier alpha value is -1.63. The maximum atomic E-state index is 11.6. The third-order valence-electron chi connectivity index (χ3n) is 2.69. The van der Waals surface area contributed by atoms with Crippen molar-refractivity contribution >= 4 is 15.9 Å². The van der Waals surface area contributed by atoms with Gasteiger partial charge in [-0.3, -0.25) is 19.0 Å². The van der Waals surface area contributed by atoms with Crippen LogP contribution in [-0.2, 0) is 20.0 Å². The summed E-state index contributed by atoms with van der Waals surface area (Å²) in [6.45, 7) is 2.40.